The summed E-state index contributed by atoms with van der Waals surface area (Å²) in [4.78, 5) is 11.3. The molecule has 0 radical (unpaired) electrons. The second-order valence-corrected chi connectivity index (χ2v) is 4.03. The Morgan fingerprint density at radius 3 is 2.71 bits per heavy atom. The lowest BCUT2D eigenvalue weighted by Crippen LogP contribution is -2.38. The van der Waals surface area contributed by atoms with Gasteiger partial charge in [-0.2, -0.15) is 0 Å². The molecule has 14 heavy (non-hydrogen) atoms. The number of aliphatic hydroxyl groups is 2. The van der Waals surface area contributed by atoms with Crippen LogP contribution in [0, 0.1) is 0 Å². The van der Waals surface area contributed by atoms with Crippen LogP contribution in [0.25, 0.3) is 0 Å². The van der Waals surface area contributed by atoms with Crippen molar-refractivity contribution in [3.8, 4) is 0 Å². The Morgan fingerprint density at radius 1 is 1.64 bits per heavy atom. The monoisotopic (exact) mass is 220 g/mol. The number of hydrogen-bond acceptors (Lipinski definition) is 4. The van der Waals surface area contributed by atoms with Crippen molar-refractivity contribution < 1.29 is 19.7 Å². The maximum Gasteiger partial charge on any atom is 0.336 e. The molecule has 2 unspecified atom stereocenters. The second kappa shape index (κ2) is 4.29. The van der Waals surface area contributed by atoms with E-state index in [9.17, 15) is 15.0 Å². The number of hydrogen-bond donors (Lipinski definition) is 2. The third-order valence-corrected chi connectivity index (χ3v) is 2.35. The van der Waals surface area contributed by atoms with Crippen molar-refractivity contribution in [1.82, 2.24) is 0 Å². The van der Waals surface area contributed by atoms with Crippen LogP contribution in [0.4, 0.5) is 0 Å². The van der Waals surface area contributed by atoms with Gasteiger partial charge in [0.2, 0.25) is 0 Å². The van der Waals surface area contributed by atoms with E-state index in [1.165, 1.54) is 6.08 Å². The molecule has 1 rings (SSSR count). The van der Waals surface area contributed by atoms with Gasteiger partial charge in [-0.05, 0) is 19.9 Å². The van der Waals surface area contributed by atoms with Crippen molar-refractivity contribution in [2.24, 2.45) is 0 Å². The van der Waals surface area contributed by atoms with Crippen LogP contribution in [0.15, 0.2) is 11.6 Å². The Bertz CT molecular complexity index is 262. The van der Waals surface area contributed by atoms with Gasteiger partial charge in [0, 0.05) is 0 Å². The van der Waals surface area contributed by atoms with E-state index in [-0.39, 0.29) is 5.57 Å². The Labute approximate surface area is 87.1 Å². The third-order valence-electron chi connectivity index (χ3n) is 2.11. The highest BCUT2D eigenvalue weighted by Gasteiger charge is 2.32. The van der Waals surface area contributed by atoms with Gasteiger partial charge in [-0.1, -0.05) is 0 Å². The number of rotatable bonds is 2. The number of esters is 1. The molecule has 0 fully saturated rings. The summed E-state index contributed by atoms with van der Waals surface area (Å²) < 4.78 is 4.81. The SMILES string of the molecule is CC(Cl)C(O)C1=C[C@H](O)[C@@H](C)OC1=O. The molecule has 0 aliphatic carbocycles. The molecule has 5 heteroatoms. The fraction of sp³-hybridized carbons (Fsp3) is 0.667. The van der Waals surface area contributed by atoms with E-state index >= 15 is 0 Å². The van der Waals surface area contributed by atoms with Crippen LogP contribution in [-0.2, 0) is 9.53 Å². The van der Waals surface area contributed by atoms with Crippen LogP contribution in [0.3, 0.4) is 0 Å². The summed E-state index contributed by atoms with van der Waals surface area (Å²) in [6.45, 7) is 3.14. The van der Waals surface area contributed by atoms with Crippen LogP contribution in [0.2, 0.25) is 0 Å². The van der Waals surface area contributed by atoms with Crippen molar-refractivity contribution in [3.05, 3.63) is 11.6 Å². The van der Waals surface area contributed by atoms with Crippen LogP contribution in [0.1, 0.15) is 13.8 Å². The average molecular weight is 221 g/mol. The quantitative estimate of drug-likeness (QED) is 0.516. The van der Waals surface area contributed by atoms with Gasteiger partial charge in [-0.25, -0.2) is 4.79 Å². The first-order chi connectivity index (χ1) is 6.43. The Hall–Kier alpha value is -0.580. The largest absolute Gasteiger partial charge is 0.456 e. The minimum absolute atomic E-state index is 0.0260. The molecule has 0 amide bonds. The molecular weight excluding hydrogens is 208 g/mol. The summed E-state index contributed by atoms with van der Waals surface area (Å²) in [5, 5.41) is 18.3. The number of halogens is 1. The van der Waals surface area contributed by atoms with Crippen molar-refractivity contribution in [2.75, 3.05) is 0 Å². The lowest BCUT2D eigenvalue weighted by molar-refractivity contribution is -0.151. The number of ether oxygens (including phenoxy) is 1. The van der Waals surface area contributed by atoms with Gasteiger partial charge in [0.1, 0.15) is 18.3 Å². The van der Waals surface area contributed by atoms with E-state index < -0.39 is 29.7 Å². The maximum atomic E-state index is 11.3. The van der Waals surface area contributed by atoms with E-state index in [2.05, 4.69) is 0 Å². The van der Waals surface area contributed by atoms with Gasteiger partial charge in [0.25, 0.3) is 0 Å². The van der Waals surface area contributed by atoms with E-state index in [4.69, 9.17) is 16.3 Å². The normalized spacial score (nSPS) is 31.8. The molecule has 0 saturated heterocycles. The highest BCUT2D eigenvalue weighted by molar-refractivity contribution is 6.21. The van der Waals surface area contributed by atoms with Gasteiger partial charge >= 0.3 is 5.97 Å². The molecule has 80 valence electrons. The third kappa shape index (κ3) is 2.26. The molecule has 4 atom stereocenters. The van der Waals surface area contributed by atoms with Crippen molar-refractivity contribution >= 4 is 17.6 Å². The highest BCUT2D eigenvalue weighted by atomic mass is 35.5. The lowest BCUT2D eigenvalue weighted by atomic mass is 10.0. The van der Waals surface area contributed by atoms with Gasteiger partial charge in [-0.3, -0.25) is 0 Å². The smallest absolute Gasteiger partial charge is 0.336 e. The van der Waals surface area contributed by atoms with Crippen molar-refractivity contribution in [1.29, 1.82) is 0 Å². The van der Waals surface area contributed by atoms with Crippen LogP contribution in [-0.4, -0.2) is 39.9 Å². The average Bonchev–Trinajstić information content (AvgIpc) is 2.10. The predicted molar refractivity (Wildman–Crippen MR) is 51.0 cm³/mol. The zero-order chi connectivity index (χ0) is 10.9. The first-order valence-corrected chi connectivity index (χ1v) is 4.80. The van der Waals surface area contributed by atoms with Gasteiger partial charge in [0.15, 0.2) is 0 Å². The molecule has 0 saturated carbocycles. The minimum Gasteiger partial charge on any atom is -0.456 e. The number of alkyl halides is 1. The number of carbonyl (C=O) groups excluding carboxylic acids is 1. The molecule has 0 aromatic rings. The first kappa shape index (κ1) is 11.5. The summed E-state index contributed by atoms with van der Waals surface area (Å²) in [6, 6.07) is 0. The zero-order valence-corrected chi connectivity index (χ0v) is 8.73. The van der Waals surface area contributed by atoms with E-state index in [0.29, 0.717) is 0 Å². The molecule has 1 heterocycles. The summed E-state index contributed by atoms with van der Waals surface area (Å²) in [5.74, 6) is -0.622. The number of aliphatic hydroxyl groups excluding tert-OH is 2. The fourth-order valence-electron chi connectivity index (χ4n) is 1.16. The Kier molecular flexibility index (Phi) is 3.53. The number of cyclic esters (lactones) is 1. The minimum atomic E-state index is -1.11. The molecular formula is C9H13ClO4. The lowest BCUT2D eigenvalue weighted by Gasteiger charge is -2.26. The Morgan fingerprint density at radius 2 is 2.21 bits per heavy atom. The molecule has 2 N–H and O–H groups in total. The molecule has 0 aromatic heterocycles. The molecule has 0 bridgehead atoms. The summed E-state index contributed by atoms with van der Waals surface area (Å²) >= 11 is 5.63. The summed E-state index contributed by atoms with van der Waals surface area (Å²) in [5.41, 5.74) is 0.0260. The van der Waals surface area contributed by atoms with Gasteiger partial charge in [0.05, 0.1) is 11.0 Å². The molecule has 0 aromatic carbocycles. The molecule has 4 nitrogen and oxygen atoms in total. The van der Waals surface area contributed by atoms with Crippen molar-refractivity contribution in [3.63, 3.8) is 0 Å². The summed E-state index contributed by atoms with van der Waals surface area (Å²) in [6.07, 6.45) is -1.27. The van der Waals surface area contributed by atoms with Crippen LogP contribution < -0.4 is 0 Å². The topological polar surface area (TPSA) is 66.8 Å². The Balaban J connectivity index is 2.87. The molecule has 1 aliphatic rings. The predicted octanol–water partition coefficient (Wildman–Crippen LogP) is 0.207. The maximum absolute atomic E-state index is 11.3. The fourth-order valence-corrected chi connectivity index (χ4v) is 1.30. The summed E-state index contributed by atoms with van der Waals surface area (Å²) in [7, 11) is 0. The van der Waals surface area contributed by atoms with Crippen LogP contribution in [0.5, 0.6) is 0 Å². The van der Waals surface area contributed by atoms with E-state index in [1.54, 1.807) is 13.8 Å². The zero-order valence-electron chi connectivity index (χ0n) is 7.98. The first-order valence-electron chi connectivity index (χ1n) is 4.36. The van der Waals surface area contributed by atoms with Gasteiger partial charge in [-0.15, -0.1) is 11.6 Å². The highest BCUT2D eigenvalue weighted by Crippen LogP contribution is 2.20. The molecule has 0 spiro atoms. The standard InChI is InChI=1S/C9H13ClO4/c1-4(10)8(12)6-3-7(11)5(2)14-9(6)13/h3-5,7-8,11-12H,1-2H3/t4?,5-,7+,8?/m1/s1. The number of carbonyl (C=O) groups is 1. The van der Waals surface area contributed by atoms with Crippen molar-refractivity contribution in [2.45, 2.75) is 37.5 Å². The van der Waals surface area contributed by atoms with E-state index in [0.717, 1.165) is 0 Å². The van der Waals surface area contributed by atoms with E-state index in [1.807, 2.05) is 0 Å². The van der Waals surface area contributed by atoms with Crippen LogP contribution >= 0.6 is 11.6 Å². The molecule has 1 aliphatic heterocycles. The van der Waals surface area contributed by atoms with Gasteiger partial charge < -0.3 is 14.9 Å². The second-order valence-electron chi connectivity index (χ2n) is 3.35.